The lowest BCUT2D eigenvalue weighted by Crippen LogP contribution is -2.33. The third kappa shape index (κ3) is 4.96. The van der Waals surface area contributed by atoms with Crippen LogP contribution in [0.3, 0.4) is 0 Å². The molecule has 0 atom stereocenters. The summed E-state index contributed by atoms with van der Waals surface area (Å²) in [6.07, 6.45) is 0. The van der Waals surface area contributed by atoms with Crippen molar-refractivity contribution in [3.05, 3.63) is 71.3 Å². The first-order chi connectivity index (χ1) is 10.1. The summed E-state index contributed by atoms with van der Waals surface area (Å²) in [4.78, 5) is 11.6. The van der Waals surface area contributed by atoms with Gasteiger partial charge in [0.2, 0.25) is 5.91 Å². The predicted molar refractivity (Wildman–Crippen MR) is 76.4 cm³/mol. The largest absolute Gasteiger partial charge is 0.351 e. The van der Waals surface area contributed by atoms with Crippen LogP contribution in [0.2, 0.25) is 0 Å². The van der Waals surface area contributed by atoms with Crippen LogP contribution in [0.25, 0.3) is 0 Å². The van der Waals surface area contributed by atoms with Crippen LogP contribution in [-0.2, 0) is 17.9 Å². The number of halogens is 2. The molecule has 0 spiro atoms. The van der Waals surface area contributed by atoms with E-state index in [4.69, 9.17) is 0 Å². The van der Waals surface area contributed by atoms with E-state index >= 15 is 0 Å². The van der Waals surface area contributed by atoms with Gasteiger partial charge in [-0.2, -0.15) is 0 Å². The topological polar surface area (TPSA) is 41.1 Å². The first kappa shape index (κ1) is 15.1. The highest BCUT2D eigenvalue weighted by Gasteiger charge is 2.05. The van der Waals surface area contributed by atoms with Crippen LogP contribution in [0.5, 0.6) is 0 Å². The summed E-state index contributed by atoms with van der Waals surface area (Å²) in [5, 5.41) is 5.53. The van der Waals surface area contributed by atoms with Gasteiger partial charge in [0.15, 0.2) is 0 Å². The van der Waals surface area contributed by atoms with E-state index in [1.165, 1.54) is 0 Å². The number of hydrogen-bond donors (Lipinski definition) is 2. The molecule has 2 aromatic carbocycles. The van der Waals surface area contributed by atoms with E-state index in [0.717, 1.165) is 23.8 Å². The van der Waals surface area contributed by atoms with Gasteiger partial charge in [-0.15, -0.1) is 0 Å². The zero-order chi connectivity index (χ0) is 15.1. The molecule has 0 fully saturated rings. The van der Waals surface area contributed by atoms with Crippen molar-refractivity contribution < 1.29 is 13.6 Å². The van der Waals surface area contributed by atoms with Gasteiger partial charge in [0.05, 0.1) is 6.54 Å². The van der Waals surface area contributed by atoms with Crippen LogP contribution >= 0.6 is 0 Å². The average Bonchev–Trinajstić information content (AvgIpc) is 2.50. The zero-order valence-corrected chi connectivity index (χ0v) is 11.4. The molecule has 0 saturated carbocycles. The molecule has 0 saturated heterocycles. The second-order valence-corrected chi connectivity index (χ2v) is 4.60. The standard InChI is InChI=1S/C16H16F2N2O/c17-14-6-7-15(18)13(8-14)10-19-11-16(21)20-9-12-4-2-1-3-5-12/h1-8,19H,9-11H2,(H,20,21). The van der Waals surface area contributed by atoms with Crippen molar-refractivity contribution in [3.63, 3.8) is 0 Å². The molecule has 2 aromatic rings. The van der Waals surface area contributed by atoms with Gasteiger partial charge in [-0.3, -0.25) is 4.79 Å². The normalized spacial score (nSPS) is 10.4. The van der Waals surface area contributed by atoms with Crippen LogP contribution < -0.4 is 10.6 Å². The molecular formula is C16H16F2N2O. The van der Waals surface area contributed by atoms with Gasteiger partial charge < -0.3 is 10.6 Å². The summed E-state index contributed by atoms with van der Waals surface area (Å²) in [6, 6.07) is 12.8. The van der Waals surface area contributed by atoms with Crippen LogP contribution in [0.15, 0.2) is 48.5 Å². The Labute approximate surface area is 122 Å². The highest BCUT2D eigenvalue weighted by atomic mass is 19.1. The van der Waals surface area contributed by atoms with Crippen LogP contribution in [-0.4, -0.2) is 12.5 Å². The second kappa shape index (κ2) is 7.50. The van der Waals surface area contributed by atoms with Gasteiger partial charge >= 0.3 is 0 Å². The maximum Gasteiger partial charge on any atom is 0.234 e. The fourth-order valence-corrected chi connectivity index (χ4v) is 1.85. The van der Waals surface area contributed by atoms with E-state index in [1.807, 2.05) is 30.3 Å². The third-order valence-corrected chi connectivity index (χ3v) is 2.94. The Hall–Kier alpha value is -2.27. The Morgan fingerprint density at radius 1 is 1.00 bits per heavy atom. The number of carbonyl (C=O) groups is 1. The molecule has 110 valence electrons. The van der Waals surface area contributed by atoms with Gasteiger partial charge in [0.25, 0.3) is 0 Å². The Bertz CT molecular complexity index is 602. The van der Waals surface area contributed by atoms with Gasteiger partial charge in [-0.05, 0) is 23.8 Å². The molecule has 1 amide bonds. The fraction of sp³-hybridized carbons (Fsp3) is 0.188. The highest BCUT2D eigenvalue weighted by molar-refractivity contribution is 5.77. The highest BCUT2D eigenvalue weighted by Crippen LogP contribution is 2.08. The maximum absolute atomic E-state index is 13.4. The number of amides is 1. The summed E-state index contributed by atoms with van der Waals surface area (Å²) in [5.74, 6) is -1.19. The maximum atomic E-state index is 13.4. The first-order valence-corrected chi connectivity index (χ1v) is 6.60. The van der Waals surface area contributed by atoms with Crippen molar-refractivity contribution in [1.29, 1.82) is 0 Å². The number of rotatable bonds is 6. The monoisotopic (exact) mass is 290 g/mol. The Balaban J connectivity index is 1.73. The molecule has 2 rings (SSSR count). The third-order valence-electron chi connectivity index (χ3n) is 2.94. The summed E-state index contributed by atoms with van der Waals surface area (Å²) >= 11 is 0. The van der Waals surface area contributed by atoms with Crippen molar-refractivity contribution in [2.45, 2.75) is 13.1 Å². The molecule has 0 heterocycles. The van der Waals surface area contributed by atoms with E-state index in [-0.39, 0.29) is 24.6 Å². The van der Waals surface area contributed by atoms with Crippen molar-refractivity contribution in [2.24, 2.45) is 0 Å². The van der Waals surface area contributed by atoms with Crippen LogP contribution in [0, 0.1) is 11.6 Å². The van der Waals surface area contributed by atoms with Crippen molar-refractivity contribution in [2.75, 3.05) is 6.54 Å². The molecular weight excluding hydrogens is 274 g/mol. The molecule has 0 aliphatic heterocycles. The zero-order valence-electron chi connectivity index (χ0n) is 11.4. The lowest BCUT2D eigenvalue weighted by atomic mass is 10.2. The summed E-state index contributed by atoms with van der Waals surface area (Å²) in [5.41, 5.74) is 1.20. The van der Waals surface area contributed by atoms with E-state index < -0.39 is 11.6 Å². The molecule has 2 N–H and O–H groups in total. The van der Waals surface area contributed by atoms with E-state index in [0.29, 0.717) is 6.54 Å². The fourth-order valence-electron chi connectivity index (χ4n) is 1.85. The van der Waals surface area contributed by atoms with Crippen molar-refractivity contribution in [1.82, 2.24) is 10.6 Å². The summed E-state index contributed by atoms with van der Waals surface area (Å²) < 4.78 is 26.3. The second-order valence-electron chi connectivity index (χ2n) is 4.60. The molecule has 0 radical (unpaired) electrons. The minimum Gasteiger partial charge on any atom is -0.351 e. The van der Waals surface area contributed by atoms with Crippen molar-refractivity contribution in [3.8, 4) is 0 Å². The average molecular weight is 290 g/mol. The smallest absolute Gasteiger partial charge is 0.234 e. The van der Waals surface area contributed by atoms with E-state index in [1.54, 1.807) is 0 Å². The Kier molecular flexibility index (Phi) is 5.40. The molecule has 0 unspecified atom stereocenters. The minimum absolute atomic E-state index is 0.0444. The molecule has 0 aromatic heterocycles. The van der Waals surface area contributed by atoms with Gasteiger partial charge in [0.1, 0.15) is 11.6 Å². The van der Waals surface area contributed by atoms with Crippen LogP contribution in [0.4, 0.5) is 8.78 Å². The minimum atomic E-state index is -0.498. The van der Waals surface area contributed by atoms with Crippen LogP contribution in [0.1, 0.15) is 11.1 Å². The molecule has 21 heavy (non-hydrogen) atoms. The van der Waals surface area contributed by atoms with E-state index in [2.05, 4.69) is 10.6 Å². The molecule has 3 nitrogen and oxygen atoms in total. The lowest BCUT2D eigenvalue weighted by Gasteiger charge is -2.07. The lowest BCUT2D eigenvalue weighted by molar-refractivity contribution is -0.120. The predicted octanol–water partition coefficient (Wildman–Crippen LogP) is 2.37. The molecule has 5 heteroatoms. The van der Waals surface area contributed by atoms with E-state index in [9.17, 15) is 13.6 Å². The van der Waals surface area contributed by atoms with Crippen molar-refractivity contribution >= 4 is 5.91 Å². The number of benzene rings is 2. The summed E-state index contributed by atoms with van der Waals surface area (Å²) in [7, 11) is 0. The van der Waals surface area contributed by atoms with Gasteiger partial charge in [0, 0.05) is 18.7 Å². The molecule has 0 bridgehead atoms. The molecule has 0 aliphatic carbocycles. The number of carbonyl (C=O) groups excluding carboxylic acids is 1. The van der Waals surface area contributed by atoms with Gasteiger partial charge in [-0.1, -0.05) is 30.3 Å². The Morgan fingerprint density at radius 2 is 1.76 bits per heavy atom. The number of nitrogens with one attached hydrogen (secondary N) is 2. The quantitative estimate of drug-likeness (QED) is 0.857. The molecule has 0 aliphatic rings. The SMILES string of the molecule is O=C(CNCc1cc(F)ccc1F)NCc1ccccc1. The Morgan fingerprint density at radius 3 is 2.52 bits per heavy atom. The first-order valence-electron chi connectivity index (χ1n) is 6.60. The van der Waals surface area contributed by atoms with Gasteiger partial charge in [-0.25, -0.2) is 8.78 Å². The number of hydrogen-bond acceptors (Lipinski definition) is 2. The summed E-state index contributed by atoms with van der Waals surface area (Å²) in [6.45, 7) is 0.584.